The summed E-state index contributed by atoms with van der Waals surface area (Å²) in [5, 5.41) is 5.36. The van der Waals surface area contributed by atoms with Gasteiger partial charge in [0.1, 0.15) is 5.76 Å². The summed E-state index contributed by atoms with van der Waals surface area (Å²) in [6.07, 6.45) is 1.55. The number of hydrogen-bond donors (Lipinski definition) is 2. The third kappa shape index (κ3) is 4.76. The van der Waals surface area contributed by atoms with Crippen molar-refractivity contribution in [2.75, 3.05) is 18.5 Å². The molecule has 0 radical (unpaired) electrons. The molecular weight excluding hydrogens is 342 g/mol. The molecule has 0 aliphatic heterocycles. The molecule has 0 aliphatic carbocycles. The van der Waals surface area contributed by atoms with Gasteiger partial charge in [0, 0.05) is 12.7 Å². The van der Waals surface area contributed by atoms with Crippen LogP contribution in [-0.2, 0) is 11.3 Å². The van der Waals surface area contributed by atoms with Crippen LogP contribution in [0.5, 0.6) is 0 Å². The van der Waals surface area contributed by atoms with E-state index < -0.39 is 0 Å². The van der Waals surface area contributed by atoms with Crippen LogP contribution in [0.4, 0.5) is 11.4 Å². The summed E-state index contributed by atoms with van der Waals surface area (Å²) in [5.41, 5.74) is 2.23. The standard InChI is InChI=1S/C21H21N3O3/c1-24(16-8-3-2-4-9-16)19-12-6-5-11-18(19)21(26)23-15-20(25)22-14-17-10-7-13-27-17/h2-13H,14-15H2,1H3,(H,22,25)(H,23,26). The highest BCUT2D eigenvalue weighted by Gasteiger charge is 2.15. The predicted molar refractivity (Wildman–Crippen MR) is 104 cm³/mol. The van der Waals surface area contributed by atoms with Gasteiger partial charge in [-0.1, -0.05) is 30.3 Å². The van der Waals surface area contributed by atoms with E-state index in [1.807, 2.05) is 54.4 Å². The molecule has 0 spiro atoms. The van der Waals surface area contributed by atoms with Gasteiger partial charge in [-0.15, -0.1) is 0 Å². The molecule has 0 saturated carbocycles. The number of hydrogen-bond acceptors (Lipinski definition) is 4. The van der Waals surface area contributed by atoms with Crippen molar-refractivity contribution >= 4 is 23.2 Å². The molecule has 2 aromatic carbocycles. The summed E-state index contributed by atoms with van der Waals surface area (Å²) in [6, 6.07) is 20.6. The zero-order valence-corrected chi connectivity index (χ0v) is 15.0. The Labute approximate surface area is 157 Å². The summed E-state index contributed by atoms with van der Waals surface area (Å²) in [6.45, 7) is 0.179. The van der Waals surface area contributed by atoms with Crippen molar-refractivity contribution in [1.29, 1.82) is 0 Å². The Morgan fingerprint density at radius 1 is 0.926 bits per heavy atom. The molecule has 0 bridgehead atoms. The first kappa shape index (κ1) is 18.3. The van der Waals surface area contributed by atoms with E-state index in [9.17, 15) is 9.59 Å². The van der Waals surface area contributed by atoms with Crippen LogP contribution in [0.3, 0.4) is 0 Å². The van der Waals surface area contributed by atoms with E-state index in [2.05, 4.69) is 10.6 Å². The number of nitrogens with zero attached hydrogens (tertiary/aromatic N) is 1. The second-order valence-corrected chi connectivity index (χ2v) is 5.95. The van der Waals surface area contributed by atoms with Gasteiger partial charge in [-0.2, -0.15) is 0 Å². The van der Waals surface area contributed by atoms with Gasteiger partial charge in [0.2, 0.25) is 5.91 Å². The molecule has 0 unspecified atom stereocenters. The number of amides is 2. The summed E-state index contributed by atoms with van der Waals surface area (Å²) < 4.78 is 5.16. The van der Waals surface area contributed by atoms with Gasteiger partial charge in [-0.05, 0) is 36.4 Å². The molecule has 27 heavy (non-hydrogen) atoms. The fourth-order valence-corrected chi connectivity index (χ4v) is 2.67. The Bertz CT molecular complexity index is 892. The van der Waals surface area contributed by atoms with Crippen molar-refractivity contribution < 1.29 is 14.0 Å². The first-order valence-corrected chi connectivity index (χ1v) is 8.60. The van der Waals surface area contributed by atoms with Gasteiger partial charge in [-0.3, -0.25) is 9.59 Å². The average Bonchev–Trinajstić information content (AvgIpc) is 3.24. The first-order valence-electron chi connectivity index (χ1n) is 8.60. The van der Waals surface area contributed by atoms with E-state index >= 15 is 0 Å². The van der Waals surface area contributed by atoms with Crippen LogP contribution < -0.4 is 15.5 Å². The second kappa shape index (κ2) is 8.71. The lowest BCUT2D eigenvalue weighted by atomic mass is 10.1. The monoisotopic (exact) mass is 363 g/mol. The number of para-hydroxylation sites is 2. The Hall–Kier alpha value is -3.54. The number of carbonyl (C=O) groups excluding carboxylic acids is 2. The molecule has 2 amide bonds. The number of anilines is 2. The van der Waals surface area contributed by atoms with Gasteiger partial charge in [-0.25, -0.2) is 0 Å². The molecule has 138 valence electrons. The average molecular weight is 363 g/mol. The van der Waals surface area contributed by atoms with Crippen molar-refractivity contribution in [3.63, 3.8) is 0 Å². The maximum Gasteiger partial charge on any atom is 0.253 e. The number of benzene rings is 2. The molecule has 2 N–H and O–H groups in total. The lowest BCUT2D eigenvalue weighted by Crippen LogP contribution is -2.37. The van der Waals surface area contributed by atoms with Gasteiger partial charge < -0.3 is 20.0 Å². The van der Waals surface area contributed by atoms with Crippen LogP contribution in [-0.4, -0.2) is 25.4 Å². The lowest BCUT2D eigenvalue weighted by molar-refractivity contribution is -0.120. The largest absolute Gasteiger partial charge is 0.467 e. The van der Waals surface area contributed by atoms with E-state index in [4.69, 9.17) is 4.42 Å². The van der Waals surface area contributed by atoms with Crippen molar-refractivity contribution in [3.8, 4) is 0 Å². The fourth-order valence-electron chi connectivity index (χ4n) is 2.67. The summed E-state index contributed by atoms with van der Waals surface area (Å²) in [4.78, 5) is 26.5. The molecule has 6 nitrogen and oxygen atoms in total. The molecule has 1 heterocycles. The molecule has 0 atom stereocenters. The molecule has 3 rings (SSSR count). The minimum atomic E-state index is -0.304. The Morgan fingerprint density at radius 3 is 2.41 bits per heavy atom. The van der Waals surface area contributed by atoms with Crippen molar-refractivity contribution in [1.82, 2.24) is 10.6 Å². The molecule has 6 heteroatoms. The summed E-state index contributed by atoms with van der Waals surface area (Å²) in [5.74, 6) is 0.0692. The number of furan rings is 1. The first-order chi connectivity index (χ1) is 13.1. The molecule has 1 aromatic heterocycles. The van der Waals surface area contributed by atoms with Gasteiger partial charge in [0.15, 0.2) is 0 Å². The number of carbonyl (C=O) groups is 2. The maximum atomic E-state index is 12.6. The predicted octanol–water partition coefficient (Wildman–Crippen LogP) is 3.09. The van der Waals surface area contributed by atoms with Crippen LogP contribution in [0, 0.1) is 0 Å². The van der Waals surface area contributed by atoms with Crippen LogP contribution in [0.2, 0.25) is 0 Å². The van der Waals surface area contributed by atoms with Crippen molar-refractivity contribution in [2.45, 2.75) is 6.54 Å². The van der Waals surface area contributed by atoms with E-state index in [0.717, 1.165) is 11.4 Å². The van der Waals surface area contributed by atoms with Gasteiger partial charge in [0.05, 0.1) is 30.6 Å². The second-order valence-electron chi connectivity index (χ2n) is 5.95. The normalized spacial score (nSPS) is 10.3. The lowest BCUT2D eigenvalue weighted by Gasteiger charge is -2.22. The SMILES string of the molecule is CN(c1ccccc1)c1ccccc1C(=O)NCC(=O)NCc1ccco1. The zero-order valence-electron chi connectivity index (χ0n) is 15.0. The molecule has 0 saturated heterocycles. The Kier molecular flexibility index (Phi) is 5.89. The van der Waals surface area contributed by atoms with E-state index in [1.54, 1.807) is 30.5 Å². The zero-order chi connectivity index (χ0) is 19.1. The van der Waals surface area contributed by atoms with Crippen molar-refractivity contribution in [3.05, 3.63) is 84.3 Å². The summed E-state index contributed by atoms with van der Waals surface area (Å²) >= 11 is 0. The van der Waals surface area contributed by atoms with E-state index in [-0.39, 0.29) is 24.9 Å². The van der Waals surface area contributed by atoms with Crippen LogP contribution in [0.25, 0.3) is 0 Å². The number of nitrogens with one attached hydrogen (secondary N) is 2. The maximum absolute atomic E-state index is 12.6. The highest BCUT2D eigenvalue weighted by molar-refractivity contribution is 6.01. The van der Waals surface area contributed by atoms with E-state index in [0.29, 0.717) is 11.3 Å². The van der Waals surface area contributed by atoms with Gasteiger partial charge >= 0.3 is 0 Å². The third-order valence-corrected chi connectivity index (χ3v) is 4.10. The summed E-state index contributed by atoms with van der Waals surface area (Å²) in [7, 11) is 1.90. The smallest absolute Gasteiger partial charge is 0.253 e. The molecular formula is C21H21N3O3. The quantitative estimate of drug-likeness (QED) is 0.676. The van der Waals surface area contributed by atoms with Crippen LogP contribution >= 0.6 is 0 Å². The Morgan fingerprint density at radius 2 is 1.67 bits per heavy atom. The van der Waals surface area contributed by atoms with E-state index in [1.165, 1.54) is 0 Å². The van der Waals surface area contributed by atoms with Crippen LogP contribution in [0.15, 0.2) is 77.4 Å². The highest BCUT2D eigenvalue weighted by Crippen LogP contribution is 2.26. The fraction of sp³-hybridized carbons (Fsp3) is 0.143. The molecule has 0 fully saturated rings. The number of rotatable bonds is 7. The Balaban J connectivity index is 1.62. The topological polar surface area (TPSA) is 74.6 Å². The molecule has 3 aromatic rings. The van der Waals surface area contributed by atoms with Crippen molar-refractivity contribution in [2.24, 2.45) is 0 Å². The third-order valence-electron chi connectivity index (χ3n) is 4.10. The minimum absolute atomic E-state index is 0.108. The van der Waals surface area contributed by atoms with Gasteiger partial charge in [0.25, 0.3) is 5.91 Å². The minimum Gasteiger partial charge on any atom is -0.467 e. The highest BCUT2D eigenvalue weighted by atomic mass is 16.3. The molecule has 0 aliphatic rings. The van der Waals surface area contributed by atoms with Crippen LogP contribution in [0.1, 0.15) is 16.1 Å².